The number of carboxylic acids is 1. The monoisotopic (exact) mass is 271 g/mol. The maximum absolute atomic E-state index is 11.4. The molecular formula is C16H17NO3. The molecule has 4 heteroatoms. The first-order valence-corrected chi connectivity index (χ1v) is 6.22. The molecule has 20 heavy (non-hydrogen) atoms. The second kappa shape index (κ2) is 5.65. The largest absolute Gasteiger partial charge is 0.497 e. The van der Waals surface area contributed by atoms with Gasteiger partial charge in [0.15, 0.2) is 0 Å². The average Bonchev–Trinajstić information content (AvgIpc) is 2.46. The van der Waals surface area contributed by atoms with Crippen LogP contribution in [0, 0.1) is 0 Å². The molecule has 0 fully saturated rings. The number of carboxylic acid groups (broad SMARTS) is 1. The summed E-state index contributed by atoms with van der Waals surface area (Å²) in [6, 6.07) is 12.8. The minimum atomic E-state index is -0.962. The number of hydrogen-bond donors (Lipinski definition) is 1. The fraction of sp³-hybridized carbons (Fsp3) is 0.188. The summed E-state index contributed by atoms with van der Waals surface area (Å²) in [6.45, 7) is 0. The molecule has 0 saturated carbocycles. The number of benzene rings is 2. The topological polar surface area (TPSA) is 49.8 Å². The van der Waals surface area contributed by atoms with Gasteiger partial charge < -0.3 is 14.7 Å². The van der Waals surface area contributed by atoms with Crippen molar-refractivity contribution in [3.63, 3.8) is 0 Å². The van der Waals surface area contributed by atoms with E-state index >= 15 is 0 Å². The smallest absolute Gasteiger partial charge is 0.336 e. The Hall–Kier alpha value is -2.49. The van der Waals surface area contributed by atoms with Crippen molar-refractivity contribution >= 4 is 11.7 Å². The van der Waals surface area contributed by atoms with Gasteiger partial charge in [0.25, 0.3) is 0 Å². The summed E-state index contributed by atoms with van der Waals surface area (Å²) in [5.74, 6) is -0.424. The Labute approximate surface area is 118 Å². The van der Waals surface area contributed by atoms with Crippen LogP contribution in [0.1, 0.15) is 10.4 Å². The van der Waals surface area contributed by atoms with Gasteiger partial charge in [-0.3, -0.25) is 0 Å². The minimum absolute atomic E-state index is 0.238. The number of anilines is 1. The molecule has 0 amide bonds. The molecule has 0 aliphatic rings. The van der Waals surface area contributed by atoms with Crippen LogP contribution in [0.3, 0.4) is 0 Å². The number of methoxy groups -OCH3 is 1. The van der Waals surface area contributed by atoms with Gasteiger partial charge in [-0.2, -0.15) is 0 Å². The summed E-state index contributed by atoms with van der Waals surface area (Å²) in [5.41, 5.74) is 2.86. The first kappa shape index (κ1) is 13.9. The number of rotatable bonds is 4. The van der Waals surface area contributed by atoms with Crippen LogP contribution in [0.4, 0.5) is 5.69 Å². The second-order valence-corrected chi connectivity index (χ2v) is 4.66. The molecule has 0 aliphatic heterocycles. The highest BCUT2D eigenvalue weighted by molar-refractivity contribution is 5.96. The zero-order valence-electron chi connectivity index (χ0n) is 11.8. The molecule has 2 aromatic carbocycles. The molecule has 0 bridgehead atoms. The van der Waals surface area contributed by atoms with Crippen LogP contribution >= 0.6 is 0 Å². The fourth-order valence-corrected chi connectivity index (χ4v) is 2.02. The number of nitrogens with zero attached hydrogens (tertiary/aromatic N) is 1. The van der Waals surface area contributed by atoms with Crippen molar-refractivity contribution in [1.29, 1.82) is 0 Å². The zero-order valence-corrected chi connectivity index (χ0v) is 11.8. The lowest BCUT2D eigenvalue weighted by Gasteiger charge is -2.13. The highest BCUT2D eigenvalue weighted by Crippen LogP contribution is 2.28. The van der Waals surface area contributed by atoms with E-state index in [1.807, 2.05) is 43.3 Å². The van der Waals surface area contributed by atoms with Crippen molar-refractivity contribution in [3.8, 4) is 16.9 Å². The first-order chi connectivity index (χ1) is 9.52. The Kier molecular flexibility index (Phi) is 3.94. The third kappa shape index (κ3) is 2.74. The molecule has 2 aromatic rings. The van der Waals surface area contributed by atoms with E-state index in [2.05, 4.69) is 0 Å². The van der Waals surface area contributed by atoms with E-state index in [-0.39, 0.29) is 5.56 Å². The first-order valence-electron chi connectivity index (χ1n) is 6.22. The summed E-state index contributed by atoms with van der Waals surface area (Å²) in [7, 11) is 5.45. The predicted molar refractivity (Wildman–Crippen MR) is 79.7 cm³/mol. The van der Waals surface area contributed by atoms with E-state index in [0.717, 1.165) is 11.3 Å². The summed E-state index contributed by atoms with van der Waals surface area (Å²) < 4.78 is 5.08. The molecule has 1 N–H and O–H groups in total. The SMILES string of the molecule is COc1ccc(-c2ccc(N(C)C)cc2)c(C(=O)O)c1. The van der Waals surface area contributed by atoms with Crippen LogP contribution in [0.5, 0.6) is 5.75 Å². The maximum Gasteiger partial charge on any atom is 0.336 e. The quantitative estimate of drug-likeness (QED) is 0.928. The van der Waals surface area contributed by atoms with Gasteiger partial charge in [-0.25, -0.2) is 4.79 Å². The minimum Gasteiger partial charge on any atom is -0.497 e. The number of aromatic carboxylic acids is 1. The lowest BCUT2D eigenvalue weighted by molar-refractivity contribution is 0.0697. The van der Waals surface area contributed by atoms with Crippen molar-refractivity contribution < 1.29 is 14.6 Å². The summed E-state index contributed by atoms with van der Waals surface area (Å²) in [4.78, 5) is 13.4. The van der Waals surface area contributed by atoms with E-state index in [1.54, 1.807) is 12.1 Å². The Morgan fingerprint density at radius 3 is 2.25 bits per heavy atom. The van der Waals surface area contributed by atoms with Gasteiger partial charge in [0.2, 0.25) is 0 Å². The predicted octanol–water partition coefficient (Wildman–Crippen LogP) is 3.13. The molecule has 0 unspecified atom stereocenters. The molecule has 0 saturated heterocycles. The van der Waals surface area contributed by atoms with E-state index < -0.39 is 5.97 Å². The molecule has 0 heterocycles. The third-order valence-electron chi connectivity index (χ3n) is 3.15. The van der Waals surface area contributed by atoms with Gasteiger partial charge in [-0.15, -0.1) is 0 Å². The molecule has 0 spiro atoms. The zero-order chi connectivity index (χ0) is 14.7. The van der Waals surface area contributed by atoms with Crippen LogP contribution in [-0.4, -0.2) is 32.3 Å². The number of ether oxygens (including phenoxy) is 1. The molecule has 0 radical (unpaired) electrons. The summed E-state index contributed by atoms with van der Waals surface area (Å²) >= 11 is 0. The van der Waals surface area contributed by atoms with Crippen molar-refractivity contribution in [3.05, 3.63) is 48.0 Å². The molecular weight excluding hydrogens is 254 g/mol. The van der Waals surface area contributed by atoms with Crippen molar-refractivity contribution in [2.24, 2.45) is 0 Å². The molecule has 2 rings (SSSR count). The molecule has 4 nitrogen and oxygen atoms in total. The molecule has 104 valence electrons. The van der Waals surface area contributed by atoms with Gasteiger partial charge in [-0.05, 0) is 41.5 Å². The van der Waals surface area contributed by atoms with Crippen LogP contribution in [0.25, 0.3) is 11.1 Å². The van der Waals surface area contributed by atoms with E-state index in [1.165, 1.54) is 13.2 Å². The van der Waals surface area contributed by atoms with Crippen LogP contribution < -0.4 is 9.64 Å². The third-order valence-corrected chi connectivity index (χ3v) is 3.15. The van der Waals surface area contributed by atoms with Gasteiger partial charge in [0.05, 0.1) is 12.7 Å². The van der Waals surface area contributed by atoms with Crippen molar-refractivity contribution in [2.45, 2.75) is 0 Å². The van der Waals surface area contributed by atoms with Gasteiger partial charge in [-0.1, -0.05) is 12.1 Å². The maximum atomic E-state index is 11.4. The Balaban J connectivity index is 2.48. The molecule has 0 aliphatic carbocycles. The average molecular weight is 271 g/mol. The normalized spacial score (nSPS) is 10.2. The highest BCUT2D eigenvalue weighted by Gasteiger charge is 2.13. The van der Waals surface area contributed by atoms with Gasteiger partial charge in [0.1, 0.15) is 5.75 Å². The number of carbonyl (C=O) groups is 1. The van der Waals surface area contributed by atoms with E-state index in [4.69, 9.17) is 4.74 Å². The highest BCUT2D eigenvalue weighted by atomic mass is 16.5. The van der Waals surface area contributed by atoms with Crippen LogP contribution in [0.15, 0.2) is 42.5 Å². The van der Waals surface area contributed by atoms with Gasteiger partial charge >= 0.3 is 5.97 Å². The molecule has 0 aromatic heterocycles. The van der Waals surface area contributed by atoms with Crippen molar-refractivity contribution in [1.82, 2.24) is 0 Å². The van der Waals surface area contributed by atoms with Crippen LogP contribution in [-0.2, 0) is 0 Å². The van der Waals surface area contributed by atoms with E-state index in [0.29, 0.717) is 11.3 Å². The second-order valence-electron chi connectivity index (χ2n) is 4.66. The fourth-order valence-electron chi connectivity index (χ4n) is 2.02. The molecule has 0 atom stereocenters. The lowest BCUT2D eigenvalue weighted by Crippen LogP contribution is -2.08. The Morgan fingerprint density at radius 1 is 1.10 bits per heavy atom. The van der Waals surface area contributed by atoms with Crippen molar-refractivity contribution in [2.75, 3.05) is 26.1 Å². The Bertz CT molecular complexity index is 618. The summed E-state index contributed by atoms with van der Waals surface area (Å²) in [6.07, 6.45) is 0. The number of hydrogen-bond acceptors (Lipinski definition) is 3. The standard InChI is InChI=1S/C16H17NO3/c1-17(2)12-6-4-11(5-7-12)14-9-8-13(20-3)10-15(14)16(18)19/h4-10H,1-3H3,(H,18,19). The summed E-state index contributed by atoms with van der Waals surface area (Å²) in [5, 5.41) is 9.33. The van der Waals surface area contributed by atoms with Gasteiger partial charge in [0, 0.05) is 19.8 Å². The van der Waals surface area contributed by atoms with Crippen LogP contribution in [0.2, 0.25) is 0 Å². The Morgan fingerprint density at radius 2 is 1.75 bits per heavy atom. The lowest BCUT2D eigenvalue weighted by atomic mass is 9.99. The van der Waals surface area contributed by atoms with E-state index in [9.17, 15) is 9.90 Å².